The summed E-state index contributed by atoms with van der Waals surface area (Å²) >= 11 is 0. The van der Waals surface area contributed by atoms with Crippen LogP contribution in [0.15, 0.2) is 0 Å². The molecule has 2 N–H and O–H groups in total. The van der Waals surface area contributed by atoms with Gasteiger partial charge in [0.1, 0.15) is 0 Å². The average Bonchev–Trinajstić information content (AvgIpc) is 2.07. The molecule has 0 amide bonds. The first-order chi connectivity index (χ1) is 6.60. The summed E-state index contributed by atoms with van der Waals surface area (Å²) in [4.78, 5) is 16.7. The van der Waals surface area contributed by atoms with Crippen molar-refractivity contribution in [2.75, 3.05) is 0 Å². The van der Waals surface area contributed by atoms with Crippen LogP contribution in [0.25, 0.3) is 0 Å². The van der Waals surface area contributed by atoms with Gasteiger partial charge in [0, 0.05) is 0 Å². The lowest BCUT2D eigenvalue weighted by molar-refractivity contribution is 0.534. The Hall–Kier alpha value is -1.24. The summed E-state index contributed by atoms with van der Waals surface area (Å²) in [6, 6.07) is 0. The van der Waals surface area contributed by atoms with Crippen molar-refractivity contribution in [3.05, 3.63) is 0 Å². The summed E-state index contributed by atoms with van der Waals surface area (Å²) in [5, 5.41) is 10.8. The van der Waals surface area contributed by atoms with Crippen molar-refractivity contribution in [3.8, 4) is 0 Å². The van der Waals surface area contributed by atoms with Crippen LogP contribution in [0.4, 0.5) is 0 Å². The second-order valence-electron chi connectivity index (χ2n) is 3.09. The van der Waals surface area contributed by atoms with Gasteiger partial charge in [-0.1, -0.05) is 46.5 Å². The summed E-state index contributed by atoms with van der Waals surface area (Å²) in [5.74, 6) is 0.904. The molecule has 0 atom stereocenters. The van der Waals surface area contributed by atoms with Crippen LogP contribution >= 0.6 is 0 Å². The quantitative estimate of drug-likeness (QED) is 0.415. The van der Waals surface area contributed by atoms with Crippen LogP contribution in [0, 0.1) is 16.7 Å². The van der Waals surface area contributed by atoms with Crippen molar-refractivity contribution in [3.63, 3.8) is 0 Å². The molecule has 0 unspecified atom stereocenters. The highest BCUT2D eigenvalue weighted by molar-refractivity contribution is 5.26. The molecule has 0 saturated carbocycles. The van der Waals surface area contributed by atoms with E-state index in [1.807, 2.05) is 0 Å². The van der Waals surface area contributed by atoms with Gasteiger partial charge in [0.25, 0.3) is 0 Å². The van der Waals surface area contributed by atoms with Crippen molar-refractivity contribution in [1.82, 2.24) is 0 Å². The molecule has 0 saturated heterocycles. The molecule has 0 heterocycles. The lowest BCUT2D eigenvalue weighted by Crippen LogP contribution is -1.85. The van der Waals surface area contributed by atoms with Gasteiger partial charge < -0.3 is 0 Å². The molecule has 0 spiro atoms. The Morgan fingerprint density at radius 3 is 1.64 bits per heavy atom. The number of nitrogens with one attached hydrogen (secondary N) is 2. The Balaban J connectivity index is -0.000000168. The van der Waals surface area contributed by atoms with Crippen LogP contribution < -0.4 is 0 Å². The van der Waals surface area contributed by atoms with E-state index in [0.717, 1.165) is 18.1 Å². The maximum absolute atomic E-state index is 8.35. The van der Waals surface area contributed by atoms with Gasteiger partial charge in [0.05, 0.1) is 0 Å². The van der Waals surface area contributed by atoms with Gasteiger partial charge in [-0.3, -0.25) is 0 Å². The Morgan fingerprint density at radius 1 is 1.07 bits per heavy atom. The third-order valence-corrected chi connectivity index (χ3v) is 1.39. The first-order valence-electron chi connectivity index (χ1n) is 4.68. The molecule has 0 radical (unpaired) electrons. The van der Waals surface area contributed by atoms with E-state index in [9.17, 15) is 0 Å². The zero-order chi connectivity index (χ0) is 11.8. The molecule has 0 aliphatic rings. The topological polar surface area (TPSA) is 81.8 Å². The Kier molecular flexibility index (Phi) is 29.9. The SMILES string of the molecule is CCCCCC(C)C.N=C=O.N=C=O. The highest BCUT2D eigenvalue weighted by Gasteiger charge is 1.90. The van der Waals surface area contributed by atoms with Crippen LogP contribution in [0.5, 0.6) is 0 Å². The monoisotopic (exact) mass is 200 g/mol. The molecular weight excluding hydrogens is 180 g/mol. The molecule has 0 aromatic heterocycles. The highest BCUT2D eigenvalue weighted by Crippen LogP contribution is 2.06. The Labute approximate surface area is 85.7 Å². The van der Waals surface area contributed by atoms with Crippen molar-refractivity contribution in [2.45, 2.75) is 46.5 Å². The van der Waals surface area contributed by atoms with Gasteiger partial charge in [0.2, 0.25) is 12.2 Å². The summed E-state index contributed by atoms with van der Waals surface area (Å²) in [7, 11) is 0. The third kappa shape index (κ3) is 72.5. The molecule has 4 nitrogen and oxygen atoms in total. The third-order valence-electron chi connectivity index (χ3n) is 1.39. The molecule has 0 rings (SSSR count). The molecule has 0 bridgehead atoms. The maximum atomic E-state index is 8.35. The summed E-state index contributed by atoms with van der Waals surface area (Å²) < 4.78 is 0. The van der Waals surface area contributed by atoms with E-state index in [4.69, 9.17) is 20.4 Å². The smallest absolute Gasteiger partial charge is 0.222 e. The molecule has 0 aromatic rings. The van der Waals surface area contributed by atoms with Crippen LogP contribution in [-0.4, -0.2) is 12.2 Å². The van der Waals surface area contributed by atoms with Gasteiger partial charge in [-0.25, -0.2) is 20.4 Å². The van der Waals surface area contributed by atoms with Gasteiger partial charge in [-0.15, -0.1) is 0 Å². The van der Waals surface area contributed by atoms with Crippen LogP contribution in [0.1, 0.15) is 46.5 Å². The number of carbonyl (C=O) groups excluding carboxylic acids is 2. The number of isocyanates is 2. The predicted molar refractivity (Wildman–Crippen MR) is 55.8 cm³/mol. The first-order valence-corrected chi connectivity index (χ1v) is 4.68. The average molecular weight is 200 g/mol. The van der Waals surface area contributed by atoms with Crippen molar-refractivity contribution in [1.29, 1.82) is 10.8 Å². The van der Waals surface area contributed by atoms with E-state index < -0.39 is 0 Å². The number of rotatable bonds is 4. The zero-order valence-corrected chi connectivity index (χ0v) is 9.22. The largest absolute Gasteiger partial charge is 0.231 e. The summed E-state index contributed by atoms with van der Waals surface area (Å²) in [6.07, 6.45) is 7.10. The van der Waals surface area contributed by atoms with Crippen LogP contribution in [0.3, 0.4) is 0 Å². The highest BCUT2D eigenvalue weighted by atomic mass is 16.1. The Morgan fingerprint density at radius 2 is 1.43 bits per heavy atom. The molecule has 0 aliphatic carbocycles. The normalized spacial score (nSPS) is 7.14. The molecule has 0 aliphatic heterocycles. The fourth-order valence-electron chi connectivity index (χ4n) is 0.803. The number of unbranched alkanes of at least 4 members (excludes halogenated alkanes) is 2. The molecule has 82 valence electrons. The Bertz CT molecular complexity index is 144. The van der Waals surface area contributed by atoms with E-state index in [0.29, 0.717) is 0 Å². The lowest BCUT2D eigenvalue weighted by atomic mass is 10.1. The van der Waals surface area contributed by atoms with Crippen molar-refractivity contribution >= 4 is 12.2 Å². The standard InChI is InChI=1S/C8H18.2CHNO/c1-4-5-6-7-8(2)3;2*2-1-3/h8H,4-7H2,1-3H3;2*2H. The van der Waals surface area contributed by atoms with Crippen LogP contribution in [0.2, 0.25) is 0 Å². The fourth-order valence-corrected chi connectivity index (χ4v) is 0.803. The minimum Gasteiger partial charge on any atom is -0.222 e. The summed E-state index contributed by atoms with van der Waals surface area (Å²) in [6.45, 7) is 6.83. The first kappa shape index (κ1) is 18.5. The molecule has 4 heteroatoms. The van der Waals surface area contributed by atoms with E-state index in [2.05, 4.69) is 20.8 Å². The zero-order valence-electron chi connectivity index (χ0n) is 9.22. The second-order valence-corrected chi connectivity index (χ2v) is 3.09. The molecule has 0 fully saturated rings. The van der Waals surface area contributed by atoms with Crippen molar-refractivity contribution < 1.29 is 9.59 Å². The fraction of sp³-hybridized carbons (Fsp3) is 0.800. The van der Waals surface area contributed by atoms with Gasteiger partial charge in [-0.05, 0) is 5.92 Å². The molecular formula is C10H20N2O2. The van der Waals surface area contributed by atoms with E-state index >= 15 is 0 Å². The molecule has 14 heavy (non-hydrogen) atoms. The van der Waals surface area contributed by atoms with E-state index in [-0.39, 0.29) is 0 Å². The summed E-state index contributed by atoms with van der Waals surface area (Å²) in [5.41, 5.74) is 0. The number of hydrogen-bond donors (Lipinski definition) is 2. The van der Waals surface area contributed by atoms with Crippen molar-refractivity contribution in [2.24, 2.45) is 5.92 Å². The maximum Gasteiger partial charge on any atom is 0.231 e. The minimum absolute atomic E-state index is 0.750. The van der Waals surface area contributed by atoms with E-state index in [1.54, 1.807) is 0 Å². The predicted octanol–water partition coefficient (Wildman–Crippen LogP) is 3.02. The minimum atomic E-state index is 0.750. The lowest BCUT2D eigenvalue weighted by Gasteiger charge is -2.00. The van der Waals surface area contributed by atoms with Gasteiger partial charge in [0.15, 0.2) is 0 Å². The van der Waals surface area contributed by atoms with Gasteiger partial charge >= 0.3 is 0 Å². The van der Waals surface area contributed by atoms with Crippen LogP contribution in [-0.2, 0) is 9.59 Å². The number of hydrogen-bond acceptors (Lipinski definition) is 4. The van der Waals surface area contributed by atoms with E-state index in [1.165, 1.54) is 25.7 Å². The molecule has 0 aromatic carbocycles. The van der Waals surface area contributed by atoms with Gasteiger partial charge in [-0.2, -0.15) is 0 Å². The second kappa shape index (κ2) is 22.6.